The standard InChI is InChI=1S/C5H12N2O2/c8-3-5-6-1-2-7(5)4-9/h5-6,8-9H,1-4H2. The first-order valence-electron chi connectivity index (χ1n) is 3.07. The minimum atomic E-state index is -0.0324. The van der Waals surface area contributed by atoms with Crippen LogP contribution < -0.4 is 5.32 Å². The SMILES string of the molecule is OCC1NCCN1CO. The van der Waals surface area contributed by atoms with Gasteiger partial charge in [-0.1, -0.05) is 0 Å². The van der Waals surface area contributed by atoms with E-state index in [9.17, 15) is 0 Å². The Hall–Kier alpha value is -0.160. The highest BCUT2D eigenvalue weighted by atomic mass is 16.3. The van der Waals surface area contributed by atoms with Gasteiger partial charge in [-0.05, 0) is 0 Å². The summed E-state index contributed by atoms with van der Waals surface area (Å²) in [6.07, 6.45) is -0.0324. The third-order valence-electron chi connectivity index (χ3n) is 1.57. The molecule has 0 spiro atoms. The fourth-order valence-corrected chi connectivity index (χ4v) is 1.01. The van der Waals surface area contributed by atoms with Gasteiger partial charge in [-0.15, -0.1) is 0 Å². The van der Waals surface area contributed by atoms with E-state index >= 15 is 0 Å². The van der Waals surface area contributed by atoms with Gasteiger partial charge in [0.25, 0.3) is 0 Å². The number of aliphatic hydroxyl groups is 2. The Morgan fingerprint density at radius 1 is 1.56 bits per heavy atom. The van der Waals surface area contributed by atoms with E-state index in [0.29, 0.717) is 0 Å². The van der Waals surface area contributed by atoms with E-state index in [1.54, 1.807) is 4.90 Å². The number of nitrogens with zero attached hydrogens (tertiary/aromatic N) is 1. The largest absolute Gasteiger partial charge is 0.393 e. The maximum absolute atomic E-state index is 8.65. The van der Waals surface area contributed by atoms with Crippen molar-refractivity contribution < 1.29 is 10.2 Å². The summed E-state index contributed by atoms with van der Waals surface area (Å²) in [5, 5.41) is 20.3. The number of rotatable bonds is 2. The summed E-state index contributed by atoms with van der Waals surface area (Å²) >= 11 is 0. The molecule has 0 saturated carbocycles. The number of aliphatic hydroxyl groups excluding tert-OH is 2. The van der Waals surface area contributed by atoms with E-state index in [1.807, 2.05) is 0 Å². The van der Waals surface area contributed by atoms with Crippen LogP contribution in [0.15, 0.2) is 0 Å². The Bertz CT molecular complexity index is 79.0. The van der Waals surface area contributed by atoms with Crippen molar-refractivity contribution in [3.63, 3.8) is 0 Å². The van der Waals surface area contributed by atoms with E-state index in [0.717, 1.165) is 13.1 Å². The molecule has 1 fully saturated rings. The lowest BCUT2D eigenvalue weighted by Gasteiger charge is -2.18. The molecule has 0 aromatic rings. The molecular weight excluding hydrogens is 120 g/mol. The van der Waals surface area contributed by atoms with Crippen LogP contribution in [0, 0.1) is 0 Å². The van der Waals surface area contributed by atoms with Crippen molar-refractivity contribution in [1.29, 1.82) is 0 Å². The predicted octanol–water partition coefficient (Wildman–Crippen LogP) is -1.84. The van der Waals surface area contributed by atoms with E-state index in [-0.39, 0.29) is 19.5 Å². The number of hydrogen-bond acceptors (Lipinski definition) is 4. The summed E-state index contributed by atoms with van der Waals surface area (Å²) in [4.78, 5) is 1.78. The Balaban J connectivity index is 2.32. The zero-order valence-corrected chi connectivity index (χ0v) is 5.25. The molecule has 1 saturated heterocycles. The Labute approximate surface area is 54.1 Å². The van der Waals surface area contributed by atoms with Crippen LogP contribution in [0.1, 0.15) is 0 Å². The first-order chi connectivity index (χ1) is 4.38. The van der Waals surface area contributed by atoms with Crippen molar-refractivity contribution in [1.82, 2.24) is 10.2 Å². The second kappa shape index (κ2) is 3.12. The summed E-state index contributed by atoms with van der Waals surface area (Å²) in [6, 6.07) is 0. The van der Waals surface area contributed by atoms with Crippen molar-refractivity contribution in [2.24, 2.45) is 0 Å². The average molecular weight is 132 g/mol. The molecule has 4 heteroatoms. The van der Waals surface area contributed by atoms with Gasteiger partial charge in [0, 0.05) is 13.1 Å². The molecule has 0 aromatic carbocycles. The van der Waals surface area contributed by atoms with Crippen molar-refractivity contribution >= 4 is 0 Å². The van der Waals surface area contributed by atoms with E-state index in [4.69, 9.17) is 10.2 Å². The summed E-state index contributed by atoms with van der Waals surface area (Å²) in [5.41, 5.74) is 0. The molecule has 1 aliphatic rings. The van der Waals surface area contributed by atoms with Crippen LogP contribution in [0.5, 0.6) is 0 Å². The van der Waals surface area contributed by atoms with Gasteiger partial charge >= 0.3 is 0 Å². The molecule has 54 valence electrons. The zero-order chi connectivity index (χ0) is 6.69. The molecule has 0 radical (unpaired) electrons. The van der Waals surface area contributed by atoms with Crippen molar-refractivity contribution in [3.8, 4) is 0 Å². The summed E-state index contributed by atoms with van der Waals surface area (Å²) < 4.78 is 0. The normalized spacial score (nSPS) is 29.3. The smallest absolute Gasteiger partial charge is 0.0969 e. The molecule has 0 bridgehead atoms. The van der Waals surface area contributed by atoms with Crippen LogP contribution in [0.3, 0.4) is 0 Å². The predicted molar refractivity (Wildman–Crippen MR) is 32.7 cm³/mol. The van der Waals surface area contributed by atoms with E-state index in [2.05, 4.69) is 5.32 Å². The quantitative estimate of drug-likeness (QED) is 0.413. The van der Waals surface area contributed by atoms with E-state index in [1.165, 1.54) is 0 Å². The molecule has 0 amide bonds. The van der Waals surface area contributed by atoms with Crippen molar-refractivity contribution in [2.75, 3.05) is 26.4 Å². The van der Waals surface area contributed by atoms with Crippen LogP contribution in [-0.4, -0.2) is 47.7 Å². The third kappa shape index (κ3) is 1.40. The summed E-state index contributed by atoms with van der Waals surface area (Å²) in [5.74, 6) is 0. The van der Waals surface area contributed by atoms with Gasteiger partial charge in [-0.2, -0.15) is 0 Å². The van der Waals surface area contributed by atoms with Crippen LogP contribution in [0.4, 0.5) is 0 Å². The molecule has 4 nitrogen and oxygen atoms in total. The van der Waals surface area contributed by atoms with Crippen LogP contribution in [0.25, 0.3) is 0 Å². The molecule has 3 N–H and O–H groups in total. The molecule has 1 atom stereocenters. The molecule has 1 aliphatic heterocycles. The molecule has 0 aromatic heterocycles. The van der Waals surface area contributed by atoms with Gasteiger partial charge in [-0.25, -0.2) is 0 Å². The number of hydrogen-bond donors (Lipinski definition) is 3. The minimum absolute atomic E-state index is 0.0260. The van der Waals surface area contributed by atoms with Crippen LogP contribution >= 0.6 is 0 Å². The third-order valence-corrected chi connectivity index (χ3v) is 1.57. The van der Waals surface area contributed by atoms with Gasteiger partial charge in [-0.3, -0.25) is 10.2 Å². The average Bonchev–Trinajstić information content (AvgIpc) is 2.33. The summed E-state index contributed by atoms with van der Waals surface area (Å²) in [7, 11) is 0. The monoisotopic (exact) mass is 132 g/mol. The lowest BCUT2D eigenvalue weighted by atomic mass is 10.5. The first-order valence-corrected chi connectivity index (χ1v) is 3.07. The van der Waals surface area contributed by atoms with Crippen molar-refractivity contribution in [2.45, 2.75) is 6.17 Å². The molecule has 9 heavy (non-hydrogen) atoms. The Kier molecular flexibility index (Phi) is 2.41. The zero-order valence-electron chi connectivity index (χ0n) is 5.25. The first kappa shape index (κ1) is 6.95. The van der Waals surface area contributed by atoms with E-state index < -0.39 is 0 Å². The highest BCUT2D eigenvalue weighted by molar-refractivity contribution is 4.74. The van der Waals surface area contributed by atoms with Gasteiger partial charge in [0.15, 0.2) is 0 Å². The lowest BCUT2D eigenvalue weighted by Crippen LogP contribution is -2.39. The minimum Gasteiger partial charge on any atom is -0.393 e. The number of nitrogens with one attached hydrogen (secondary N) is 1. The highest BCUT2D eigenvalue weighted by Crippen LogP contribution is 1.99. The van der Waals surface area contributed by atoms with Gasteiger partial charge < -0.3 is 10.2 Å². The van der Waals surface area contributed by atoms with Gasteiger partial charge in [0.2, 0.25) is 0 Å². The van der Waals surface area contributed by atoms with Crippen LogP contribution in [0.2, 0.25) is 0 Å². The maximum Gasteiger partial charge on any atom is 0.0969 e. The fourth-order valence-electron chi connectivity index (χ4n) is 1.01. The second-order valence-corrected chi connectivity index (χ2v) is 2.11. The second-order valence-electron chi connectivity index (χ2n) is 2.11. The highest BCUT2D eigenvalue weighted by Gasteiger charge is 2.21. The molecule has 1 rings (SSSR count). The van der Waals surface area contributed by atoms with Crippen LogP contribution in [-0.2, 0) is 0 Å². The fraction of sp³-hybridized carbons (Fsp3) is 1.00. The summed E-state index contributed by atoms with van der Waals surface area (Å²) in [6.45, 7) is 1.77. The van der Waals surface area contributed by atoms with Crippen molar-refractivity contribution in [3.05, 3.63) is 0 Å². The Morgan fingerprint density at radius 2 is 2.33 bits per heavy atom. The maximum atomic E-state index is 8.65. The molecule has 0 aliphatic carbocycles. The van der Waals surface area contributed by atoms with Gasteiger partial charge in [0.1, 0.15) is 0 Å². The topological polar surface area (TPSA) is 55.7 Å². The lowest BCUT2D eigenvalue weighted by molar-refractivity contribution is 0.0623. The molecule has 1 unspecified atom stereocenters. The molecule has 1 heterocycles. The Morgan fingerprint density at radius 3 is 2.78 bits per heavy atom. The molecular formula is C5H12N2O2. The van der Waals surface area contributed by atoms with Gasteiger partial charge in [0.05, 0.1) is 19.5 Å².